The molecule has 1 aromatic carbocycles. The Morgan fingerprint density at radius 1 is 1.50 bits per heavy atom. The quantitative estimate of drug-likeness (QED) is 0.623. The third-order valence-corrected chi connectivity index (χ3v) is 2.97. The molecule has 20 heavy (non-hydrogen) atoms. The van der Waals surface area contributed by atoms with Crippen LogP contribution in [0.1, 0.15) is 30.6 Å². The van der Waals surface area contributed by atoms with Crippen LogP contribution in [-0.4, -0.2) is 28.6 Å². The number of nitro benzene ring substituents is 1. The maximum atomic E-state index is 11.8. The monoisotopic (exact) mass is 300 g/mol. The first kappa shape index (κ1) is 16.4. The first-order valence-corrected chi connectivity index (χ1v) is 6.59. The van der Waals surface area contributed by atoms with Crippen molar-refractivity contribution in [3.63, 3.8) is 0 Å². The molecule has 0 saturated carbocycles. The van der Waals surface area contributed by atoms with Gasteiger partial charge in [0.05, 0.1) is 11.0 Å². The number of hydrogen-bond acceptors (Lipinski definition) is 4. The summed E-state index contributed by atoms with van der Waals surface area (Å²) in [4.78, 5) is 21.9. The van der Waals surface area contributed by atoms with Gasteiger partial charge in [0, 0.05) is 18.2 Å². The van der Waals surface area contributed by atoms with Gasteiger partial charge in [0.2, 0.25) is 0 Å². The number of nitro groups is 1. The van der Waals surface area contributed by atoms with Crippen LogP contribution in [0.3, 0.4) is 0 Å². The van der Waals surface area contributed by atoms with Gasteiger partial charge in [0.1, 0.15) is 5.02 Å². The lowest BCUT2D eigenvalue weighted by molar-refractivity contribution is -0.384. The maximum absolute atomic E-state index is 11.8. The van der Waals surface area contributed by atoms with E-state index in [4.69, 9.17) is 11.6 Å². The van der Waals surface area contributed by atoms with E-state index in [0.717, 1.165) is 6.07 Å². The number of amides is 1. The first-order valence-electron chi connectivity index (χ1n) is 6.21. The van der Waals surface area contributed by atoms with Crippen LogP contribution < -0.4 is 5.32 Å². The third kappa shape index (κ3) is 4.79. The fourth-order valence-electron chi connectivity index (χ4n) is 1.73. The standard InChI is InChI=1S/C13H17ClN2O4/c1-8(2)5-10(17)7-15-13(18)9-3-4-11(14)12(6-9)16(19)20/h3-4,6,8,10,17H,5,7H2,1-2H3,(H,15,18). The number of rotatable bonds is 6. The first-order chi connectivity index (χ1) is 9.31. The van der Waals surface area contributed by atoms with Crippen molar-refractivity contribution in [2.45, 2.75) is 26.4 Å². The molecule has 0 saturated heterocycles. The van der Waals surface area contributed by atoms with Gasteiger partial charge < -0.3 is 10.4 Å². The highest BCUT2D eigenvalue weighted by molar-refractivity contribution is 6.32. The predicted octanol–water partition coefficient (Wildman–Crippen LogP) is 2.39. The Labute approximate surface area is 121 Å². The Hall–Kier alpha value is -1.66. The van der Waals surface area contributed by atoms with Crippen molar-refractivity contribution in [1.82, 2.24) is 5.32 Å². The molecular weight excluding hydrogens is 284 g/mol. The van der Waals surface area contributed by atoms with Crippen LogP contribution in [0.5, 0.6) is 0 Å². The number of nitrogens with zero attached hydrogens (tertiary/aromatic N) is 1. The minimum atomic E-state index is -0.646. The molecule has 0 aliphatic rings. The van der Waals surface area contributed by atoms with Crippen LogP contribution in [0.15, 0.2) is 18.2 Å². The van der Waals surface area contributed by atoms with E-state index in [2.05, 4.69) is 5.32 Å². The van der Waals surface area contributed by atoms with E-state index < -0.39 is 16.9 Å². The van der Waals surface area contributed by atoms with E-state index in [1.54, 1.807) is 0 Å². The summed E-state index contributed by atoms with van der Waals surface area (Å²) in [7, 11) is 0. The molecular formula is C13H17ClN2O4. The van der Waals surface area contributed by atoms with Crippen LogP contribution in [0, 0.1) is 16.0 Å². The molecule has 0 aliphatic carbocycles. The topological polar surface area (TPSA) is 92.5 Å². The smallest absolute Gasteiger partial charge is 0.288 e. The molecule has 1 amide bonds. The SMILES string of the molecule is CC(C)CC(O)CNC(=O)c1ccc(Cl)c([N+](=O)[O-])c1. The second kappa shape index (κ2) is 7.21. The molecule has 0 radical (unpaired) electrons. The maximum Gasteiger partial charge on any atom is 0.288 e. The van der Waals surface area contributed by atoms with E-state index in [1.807, 2.05) is 13.8 Å². The van der Waals surface area contributed by atoms with E-state index in [9.17, 15) is 20.0 Å². The lowest BCUT2D eigenvalue weighted by Crippen LogP contribution is -2.32. The van der Waals surface area contributed by atoms with E-state index in [1.165, 1.54) is 12.1 Å². The molecule has 1 rings (SSSR count). The van der Waals surface area contributed by atoms with E-state index in [-0.39, 0.29) is 22.8 Å². The zero-order valence-corrected chi connectivity index (χ0v) is 12.1. The highest BCUT2D eigenvalue weighted by atomic mass is 35.5. The second-order valence-electron chi connectivity index (χ2n) is 4.92. The summed E-state index contributed by atoms with van der Waals surface area (Å²) in [6.07, 6.45) is -0.0673. The number of aliphatic hydroxyl groups is 1. The molecule has 6 nitrogen and oxygen atoms in total. The Morgan fingerprint density at radius 2 is 2.15 bits per heavy atom. The van der Waals surface area contributed by atoms with Gasteiger partial charge in [-0.15, -0.1) is 0 Å². The van der Waals surface area contributed by atoms with Crippen molar-refractivity contribution in [2.24, 2.45) is 5.92 Å². The third-order valence-electron chi connectivity index (χ3n) is 2.65. The van der Waals surface area contributed by atoms with Crippen molar-refractivity contribution in [1.29, 1.82) is 0 Å². The molecule has 1 unspecified atom stereocenters. The Balaban J connectivity index is 2.69. The zero-order valence-electron chi connectivity index (χ0n) is 11.3. The summed E-state index contributed by atoms with van der Waals surface area (Å²) < 4.78 is 0. The van der Waals surface area contributed by atoms with E-state index >= 15 is 0 Å². The van der Waals surface area contributed by atoms with Crippen LogP contribution in [0.2, 0.25) is 5.02 Å². The highest BCUT2D eigenvalue weighted by Gasteiger charge is 2.17. The van der Waals surface area contributed by atoms with Crippen molar-refractivity contribution in [3.05, 3.63) is 38.9 Å². The molecule has 2 N–H and O–H groups in total. The van der Waals surface area contributed by atoms with Gasteiger partial charge in [-0.25, -0.2) is 0 Å². The predicted molar refractivity (Wildman–Crippen MR) is 75.9 cm³/mol. The van der Waals surface area contributed by atoms with Gasteiger partial charge in [-0.05, 0) is 24.5 Å². The average molecular weight is 301 g/mol. The van der Waals surface area contributed by atoms with Gasteiger partial charge in [-0.1, -0.05) is 25.4 Å². The molecule has 7 heteroatoms. The molecule has 110 valence electrons. The average Bonchev–Trinajstić information content (AvgIpc) is 2.35. The minimum absolute atomic E-state index is 0.0219. The lowest BCUT2D eigenvalue weighted by atomic mass is 10.1. The zero-order chi connectivity index (χ0) is 15.3. The molecule has 1 atom stereocenters. The van der Waals surface area contributed by atoms with Crippen LogP contribution in [0.4, 0.5) is 5.69 Å². The number of carbonyl (C=O) groups is 1. The summed E-state index contributed by atoms with van der Waals surface area (Å²) in [5, 5.41) is 22.9. The second-order valence-corrected chi connectivity index (χ2v) is 5.32. The molecule has 0 bridgehead atoms. The van der Waals surface area contributed by atoms with E-state index in [0.29, 0.717) is 12.3 Å². The van der Waals surface area contributed by atoms with Crippen molar-refractivity contribution in [2.75, 3.05) is 6.54 Å². The van der Waals surface area contributed by atoms with Crippen molar-refractivity contribution >= 4 is 23.2 Å². The number of halogens is 1. The van der Waals surface area contributed by atoms with Gasteiger partial charge in [0.15, 0.2) is 0 Å². The Bertz CT molecular complexity index is 505. The molecule has 0 aliphatic heterocycles. The largest absolute Gasteiger partial charge is 0.391 e. The molecule has 0 fully saturated rings. The summed E-state index contributed by atoms with van der Waals surface area (Å²) in [6.45, 7) is 4.04. The number of aliphatic hydroxyl groups excluding tert-OH is 1. The van der Waals surface area contributed by atoms with Gasteiger partial charge >= 0.3 is 0 Å². The summed E-state index contributed by atoms with van der Waals surface area (Å²) in [6, 6.07) is 3.82. The highest BCUT2D eigenvalue weighted by Crippen LogP contribution is 2.24. The van der Waals surface area contributed by atoms with Gasteiger partial charge in [-0.2, -0.15) is 0 Å². The number of benzene rings is 1. The summed E-state index contributed by atoms with van der Waals surface area (Å²) in [5.41, 5.74) is -0.181. The molecule has 0 spiro atoms. The van der Waals surface area contributed by atoms with Gasteiger partial charge in [-0.3, -0.25) is 14.9 Å². The number of hydrogen-bond donors (Lipinski definition) is 2. The molecule has 0 heterocycles. The number of nitrogens with one attached hydrogen (secondary N) is 1. The van der Waals surface area contributed by atoms with Crippen molar-refractivity contribution in [3.8, 4) is 0 Å². The Morgan fingerprint density at radius 3 is 2.70 bits per heavy atom. The fourth-order valence-corrected chi connectivity index (χ4v) is 1.92. The van der Waals surface area contributed by atoms with Crippen molar-refractivity contribution < 1.29 is 14.8 Å². The molecule has 1 aromatic rings. The Kier molecular flexibility index (Phi) is 5.91. The lowest BCUT2D eigenvalue weighted by Gasteiger charge is -2.13. The van der Waals surface area contributed by atoms with Crippen LogP contribution in [0.25, 0.3) is 0 Å². The normalized spacial score (nSPS) is 12.2. The van der Waals surface area contributed by atoms with Gasteiger partial charge in [0.25, 0.3) is 11.6 Å². The van der Waals surface area contributed by atoms with Crippen LogP contribution >= 0.6 is 11.6 Å². The molecule has 0 aromatic heterocycles. The van der Waals surface area contributed by atoms with Crippen LogP contribution in [-0.2, 0) is 0 Å². The number of carbonyl (C=O) groups excluding carboxylic acids is 1. The minimum Gasteiger partial charge on any atom is -0.391 e. The fraction of sp³-hybridized carbons (Fsp3) is 0.462. The summed E-state index contributed by atoms with van der Waals surface area (Å²) >= 11 is 5.67. The summed E-state index contributed by atoms with van der Waals surface area (Å²) in [5.74, 6) is -0.161.